The summed E-state index contributed by atoms with van der Waals surface area (Å²) >= 11 is 0. The molecule has 2 aromatic carbocycles. The van der Waals surface area contributed by atoms with E-state index < -0.39 is 8.07 Å². The van der Waals surface area contributed by atoms with E-state index in [1.54, 1.807) is 50.1 Å². The van der Waals surface area contributed by atoms with Crippen molar-refractivity contribution in [2.75, 3.05) is 0 Å². The number of fused-ring (bicyclic) bond motifs is 3. The van der Waals surface area contributed by atoms with Gasteiger partial charge in [-0.25, -0.2) is 0 Å². The number of hydrogen-bond donors (Lipinski definition) is 0. The highest BCUT2D eigenvalue weighted by Gasteiger charge is 2.47. The summed E-state index contributed by atoms with van der Waals surface area (Å²) in [6.07, 6.45) is 7.69. The summed E-state index contributed by atoms with van der Waals surface area (Å²) < 4.78 is 0. The molecule has 0 saturated heterocycles. The molecule has 0 N–H and O–H groups in total. The molecule has 0 saturated carbocycles. The van der Waals surface area contributed by atoms with Crippen molar-refractivity contribution in [3.63, 3.8) is 0 Å². The SMILES string of the molecule is CC1=Cc2c(cc(-c3cc(C(C)(C)C)cc(C(C)(C)C)c3)c3c2CCCC3)C1[Si](C)(C)C1C(C)=C(C)C(C)=C1C. The van der Waals surface area contributed by atoms with Gasteiger partial charge in [0.1, 0.15) is 0 Å². The maximum Gasteiger partial charge on any atom is 0.0717 e. The van der Waals surface area contributed by atoms with Crippen LogP contribution in [0.5, 0.6) is 0 Å². The van der Waals surface area contributed by atoms with Gasteiger partial charge in [0.05, 0.1) is 8.07 Å². The van der Waals surface area contributed by atoms with Crippen molar-refractivity contribution in [1.82, 2.24) is 0 Å². The zero-order chi connectivity index (χ0) is 29.5. The fraction of sp³-hybridized carbons (Fsp3) is 0.538. The maximum atomic E-state index is 2.69. The lowest BCUT2D eigenvalue weighted by molar-refractivity contribution is 0.569. The molecule has 0 aromatic heterocycles. The predicted octanol–water partition coefficient (Wildman–Crippen LogP) is 11.6. The first-order valence-corrected chi connectivity index (χ1v) is 19.0. The Labute approximate surface area is 247 Å². The van der Waals surface area contributed by atoms with Crippen molar-refractivity contribution in [1.29, 1.82) is 0 Å². The van der Waals surface area contributed by atoms with E-state index in [9.17, 15) is 0 Å². The molecule has 214 valence electrons. The molecule has 0 radical (unpaired) electrons. The minimum Gasteiger partial charge on any atom is -0.0679 e. The third kappa shape index (κ3) is 4.65. The van der Waals surface area contributed by atoms with Crippen LogP contribution in [-0.2, 0) is 23.7 Å². The van der Waals surface area contributed by atoms with Crippen LogP contribution in [0, 0.1) is 0 Å². The van der Waals surface area contributed by atoms with Gasteiger partial charge in [0.15, 0.2) is 0 Å². The van der Waals surface area contributed by atoms with Gasteiger partial charge in [-0.1, -0.05) is 95.6 Å². The average molecular weight is 551 g/mol. The second-order valence-corrected chi connectivity index (χ2v) is 20.9. The minimum atomic E-state index is -1.80. The molecule has 1 atom stereocenters. The molecule has 0 nitrogen and oxygen atoms in total. The Bertz CT molecular complexity index is 1420. The van der Waals surface area contributed by atoms with E-state index in [1.165, 1.54) is 47.9 Å². The van der Waals surface area contributed by atoms with Crippen molar-refractivity contribution in [2.45, 2.75) is 137 Å². The van der Waals surface area contributed by atoms with Gasteiger partial charge in [0, 0.05) is 5.54 Å². The Morgan fingerprint density at radius 1 is 0.650 bits per heavy atom. The van der Waals surface area contributed by atoms with Gasteiger partial charge in [-0.2, -0.15) is 0 Å². The average Bonchev–Trinajstić information content (AvgIpc) is 3.31. The first-order chi connectivity index (χ1) is 18.4. The first kappa shape index (κ1) is 29.4. The Balaban J connectivity index is 1.75. The Morgan fingerprint density at radius 3 is 1.65 bits per heavy atom. The molecule has 3 aliphatic carbocycles. The van der Waals surface area contributed by atoms with Gasteiger partial charge in [0.2, 0.25) is 0 Å². The summed E-state index contributed by atoms with van der Waals surface area (Å²) in [5, 5.41) is 0. The molecule has 3 aliphatic rings. The third-order valence-corrected chi connectivity index (χ3v) is 15.6. The molecular formula is C39H54Si. The molecular weight excluding hydrogens is 497 g/mol. The predicted molar refractivity (Wildman–Crippen MR) is 180 cm³/mol. The quantitative estimate of drug-likeness (QED) is 0.333. The number of hydrogen-bond acceptors (Lipinski definition) is 0. The van der Waals surface area contributed by atoms with Crippen molar-refractivity contribution >= 4 is 14.1 Å². The third-order valence-electron chi connectivity index (χ3n) is 10.9. The summed E-state index contributed by atoms with van der Waals surface area (Å²) in [5.41, 5.74) is 21.8. The van der Waals surface area contributed by atoms with Crippen LogP contribution in [0.2, 0.25) is 18.6 Å². The smallest absolute Gasteiger partial charge is 0.0679 e. The van der Waals surface area contributed by atoms with E-state index >= 15 is 0 Å². The highest BCUT2D eigenvalue weighted by molar-refractivity contribution is 6.82. The topological polar surface area (TPSA) is 0 Å². The second-order valence-electron chi connectivity index (χ2n) is 16.1. The summed E-state index contributed by atoms with van der Waals surface area (Å²) in [6.45, 7) is 31.6. The lowest BCUT2D eigenvalue weighted by Gasteiger charge is -2.40. The van der Waals surface area contributed by atoms with E-state index in [4.69, 9.17) is 0 Å². The summed E-state index contributed by atoms with van der Waals surface area (Å²) in [6, 6.07) is 10.2. The van der Waals surface area contributed by atoms with Crippen LogP contribution in [-0.4, -0.2) is 8.07 Å². The van der Waals surface area contributed by atoms with Gasteiger partial charge in [-0.3, -0.25) is 0 Å². The monoisotopic (exact) mass is 550 g/mol. The fourth-order valence-electron chi connectivity index (χ4n) is 8.49. The van der Waals surface area contributed by atoms with Crippen molar-refractivity contribution < 1.29 is 0 Å². The minimum absolute atomic E-state index is 0.119. The molecule has 1 unspecified atom stereocenters. The van der Waals surface area contributed by atoms with Gasteiger partial charge in [0.25, 0.3) is 0 Å². The van der Waals surface area contributed by atoms with Crippen LogP contribution in [0.1, 0.15) is 128 Å². The van der Waals surface area contributed by atoms with Crippen LogP contribution in [0.4, 0.5) is 0 Å². The van der Waals surface area contributed by atoms with Crippen molar-refractivity contribution in [3.05, 3.63) is 85.5 Å². The Morgan fingerprint density at radius 2 is 1.15 bits per heavy atom. The van der Waals surface area contributed by atoms with E-state index in [0.717, 1.165) is 0 Å². The van der Waals surface area contributed by atoms with E-state index in [2.05, 4.69) is 120 Å². The highest BCUT2D eigenvalue weighted by atomic mass is 28.3. The van der Waals surface area contributed by atoms with Crippen LogP contribution in [0.25, 0.3) is 17.2 Å². The molecule has 0 spiro atoms. The standard InChI is InChI=1S/C39H54Si/c1-23-18-34-32-17-15-14-16-31(32)33(28-19-29(38(6,7)8)21-30(20-28)39(9,10)11)22-35(34)36(23)40(12,13)37-26(4)24(2)25(3)27(37)5/h18-22,36-37H,14-17H2,1-13H3. The summed E-state index contributed by atoms with van der Waals surface area (Å²) in [7, 11) is -1.80. The Hall–Kier alpha value is -2.12. The fourth-order valence-corrected chi connectivity index (χ4v) is 13.8. The molecule has 5 rings (SSSR count). The van der Waals surface area contributed by atoms with Gasteiger partial charge in [-0.05, 0) is 138 Å². The molecule has 40 heavy (non-hydrogen) atoms. The molecule has 2 aromatic rings. The Kier molecular flexibility index (Phi) is 7.14. The molecule has 0 amide bonds. The van der Waals surface area contributed by atoms with Gasteiger partial charge < -0.3 is 0 Å². The normalized spacial score (nSPS) is 20.3. The van der Waals surface area contributed by atoms with Gasteiger partial charge >= 0.3 is 0 Å². The van der Waals surface area contributed by atoms with Gasteiger partial charge in [-0.15, -0.1) is 0 Å². The van der Waals surface area contributed by atoms with Crippen LogP contribution in [0.3, 0.4) is 0 Å². The highest BCUT2D eigenvalue weighted by Crippen LogP contribution is 2.56. The molecule has 0 fully saturated rings. The summed E-state index contributed by atoms with van der Waals surface area (Å²) in [5.74, 6) is 0. The largest absolute Gasteiger partial charge is 0.0717 e. The molecule has 0 bridgehead atoms. The van der Waals surface area contributed by atoms with E-state index in [0.29, 0.717) is 11.1 Å². The molecule has 0 aliphatic heterocycles. The van der Waals surface area contributed by atoms with Crippen molar-refractivity contribution in [3.8, 4) is 11.1 Å². The zero-order valence-electron chi connectivity index (χ0n) is 27.9. The van der Waals surface area contributed by atoms with Crippen LogP contribution < -0.4 is 0 Å². The van der Waals surface area contributed by atoms with E-state index in [-0.39, 0.29) is 10.8 Å². The number of rotatable bonds is 3. The van der Waals surface area contributed by atoms with E-state index in [1.807, 2.05) is 0 Å². The lowest BCUT2D eigenvalue weighted by atomic mass is 9.76. The first-order valence-electron chi connectivity index (χ1n) is 15.8. The lowest BCUT2D eigenvalue weighted by Crippen LogP contribution is -2.41. The van der Waals surface area contributed by atoms with Crippen molar-refractivity contribution in [2.24, 2.45) is 0 Å². The number of allylic oxidation sites excluding steroid dienone is 5. The second kappa shape index (κ2) is 9.72. The number of benzene rings is 2. The zero-order valence-corrected chi connectivity index (χ0v) is 28.9. The van der Waals surface area contributed by atoms with Crippen LogP contribution in [0.15, 0.2) is 52.1 Å². The van der Waals surface area contributed by atoms with Crippen LogP contribution >= 0.6 is 0 Å². The summed E-state index contributed by atoms with van der Waals surface area (Å²) in [4.78, 5) is 0. The molecule has 0 heterocycles. The maximum absolute atomic E-state index is 2.69. The molecule has 1 heteroatoms.